The van der Waals surface area contributed by atoms with Crippen LogP contribution in [-0.2, 0) is 0 Å². The van der Waals surface area contributed by atoms with Gasteiger partial charge in [-0.1, -0.05) is 11.6 Å². The molecular formula is C10H6BrClN4. The van der Waals surface area contributed by atoms with Gasteiger partial charge in [0.15, 0.2) is 0 Å². The lowest BCUT2D eigenvalue weighted by Crippen LogP contribution is -1.99. The van der Waals surface area contributed by atoms with Gasteiger partial charge in [-0.25, -0.2) is 9.97 Å². The molecule has 3 heterocycles. The van der Waals surface area contributed by atoms with Crippen molar-refractivity contribution < 1.29 is 0 Å². The molecule has 0 bridgehead atoms. The van der Waals surface area contributed by atoms with E-state index in [4.69, 9.17) is 17.3 Å². The molecule has 0 saturated heterocycles. The Balaban J connectivity index is 2.71. The largest absolute Gasteiger partial charge is 0.369 e. The maximum atomic E-state index is 6.14. The zero-order valence-corrected chi connectivity index (χ0v) is 10.3. The average molecular weight is 298 g/mol. The highest BCUT2D eigenvalue weighted by atomic mass is 79.9. The zero-order chi connectivity index (χ0) is 11.3. The van der Waals surface area contributed by atoms with Crippen LogP contribution in [0.15, 0.2) is 29.0 Å². The van der Waals surface area contributed by atoms with Crippen LogP contribution in [0, 0.1) is 0 Å². The molecule has 0 radical (unpaired) electrons. The third kappa shape index (κ3) is 1.15. The summed E-state index contributed by atoms with van der Waals surface area (Å²) in [6, 6.07) is 3.61. The molecule has 0 aromatic carbocycles. The molecule has 3 aromatic heterocycles. The Labute approximate surface area is 104 Å². The fraction of sp³-hybridized carbons (Fsp3) is 0. The summed E-state index contributed by atoms with van der Waals surface area (Å²) in [7, 11) is 0. The molecule has 16 heavy (non-hydrogen) atoms. The lowest BCUT2D eigenvalue weighted by molar-refractivity contribution is 1.12. The molecular weight excluding hydrogens is 291 g/mol. The number of rotatable bonds is 0. The highest BCUT2D eigenvalue weighted by molar-refractivity contribution is 9.10. The number of aromatic nitrogens is 3. The molecule has 0 aliphatic carbocycles. The third-order valence-electron chi connectivity index (χ3n) is 2.45. The van der Waals surface area contributed by atoms with Crippen LogP contribution in [0.2, 0.25) is 5.02 Å². The van der Waals surface area contributed by atoms with Gasteiger partial charge in [0.25, 0.3) is 0 Å². The summed E-state index contributed by atoms with van der Waals surface area (Å²) >= 11 is 9.65. The van der Waals surface area contributed by atoms with Crippen LogP contribution in [0.3, 0.4) is 0 Å². The standard InChI is InChI=1S/C10H6BrClN4/c11-8-6-2-4-15-10(13)16(6)9-7(8)5(12)1-3-14-9/h1-4H,(H2,13,15). The molecule has 3 rings (SSSR count). The second kappa shape index (κ2) is 3.33. The number of nitrogen functional groups attached to an aromatic ring is 1. The van der Waals surface area contributed by atoms with E-state index in [0.29, 0.717) is 16.6 Å². The smallest absolute Gasteiger partial charge is 0.206 e. The van der Waals surface area contributed by atoms with E-state index in [1.54, 1.807) is 22.9 Å². The van der Waals surface area contributed by atoms with E-state index in [9.17, 15) is 0 Å². The van der Waals surface area contributed by atoms with Crippen molar-refractivity contribution in [3.05, 3.63) is 34.0 Å². The lowest BCUT2D eigenvalue weighted by atomic mass is 10.3. The molecule has 80 valence electrons. The number of nitrogens with zero attached hydrogens (tertiary/aromatic N) is 3. The molecule has 3 aromatic rings. The molecule has 0 amide bonds. The third-order valence-corrected chi connectivity index (χ3v) is 3.56. The number of hydrogen-bond acceptors (Lipinski definition) is 3. The number of hydrogen-bond donors (Lipinski definition) is 1. The number of pyridine rings is 1. The Morgan fingerprint density at radius 1 is 1.25 bits per heavy atom. The maximum Gasteiger partial charge on any atom is 0.206 e. The minimum absolute atomic E-state index is 0.392. The molecule has 0 saturated carbocycles. The van der Waals surface area contributed by atoms with Crippen molar-refractivity contribution in [3.8, 4) is 0 Å². The van der Waals surface area contributed by atoms with Gasteiger partial charge in [-0.2, -0.15) is 0 Å². The van der Waals surface area contributed by atoms with Crippen molar-refractivity contribution in [2.75, 3.05) is 5.73 Å². The van der Waals surface area contributed by atoms with Crippen molar-refractivity contribution in [1.82, 2.24) is 14.4 Å². The van der Waals surface area contributed by atoms with Gasteiger partial charge in [-0.15, -0.1) is 0 Å². The fourth-order valence-electron chi connectivity index (χ4n) is 1.76. The van der Waals surface area contributed by atoms with Gasteiger partial charge in [0.2, 0.25) is 5.95 Å². The summed E-state index contributed by atoms with van der Waals surface area (Å²) in [6.07, 6.45) is 3.30. The van der Waals surface area contributed by atoms with Crippen LogP contribution in [0.1, 0.15) is 0 Å². The molecule has 6 heteroatoms. The number of fused-ring (bicyclic) bond motifs is 3. The van der Waals surface area contributed by atoms with Gasteiger partial charge in [0.1, 0.15) is 5.65 Å². The van der Waals surface area contributed by atoms with Crippen LogP contribution in [0.25, 0.3) is 16.6 Å². The van der Waals surface area contributed by atoms with Crippen molar-refractivity contribution in [3.63, 3.8) is 0 Å². The Morgan fingerprint density at radius 2 is 2.00 bits per heavy atom. The summed E-state index contributed by atoms with van der Waals surface area (Å²) in [6.45, 7) is 0. The molecule has 0 aliphatic rings. The minimum atomic E-state index is 0.392. The predicted molar refractivity (Wildman–Crippen MR) is 67.6 cm³/mol. The van der Waals surface area contributed by atoms with E-state index >= 15 is 0 Å². The highest BCUT2D eigenvalue weighted by Gasteiger charge is 2.14. The van der Waals surface area contributed by atoms with Crippen LogP contribution in [0.4, 0.5) is 5.95 Å². The van der Waals surface area contributed by atoms with E-state index in [1.165, 1.54) is 0 Å². The SMILES string of the molecule is Nc1nccc2c(Br)c3c(Cl)ccnc3n12. The Hall–Kier alpha value is -1.33. The van der Waals surface area contributed by atoms with Gasteiger partial charge in [-0.05, 0) is 28.1 Å². The van der Waals surface area contributed by atoms with E-state index in [0.717, 1.165) is 15.4 Å². The van der Waals surface area contributed by atoms with Crippen molar-refractivity contribution in [2.24, 2.45) is 0 Å². The van der Waals surface area contributed by atoms with E-state index < -0.39 is 0 Å². The Kier molecular flexibility index (Phi) is 2.05. The highest BCUT2D eigenvalue weighted by Crippen LogP contribution is 2.35. The second-order valence-corrected chi connectivity index (χ2v) is 4.53. The van der Waals surface area contributed by atoms with Crippen LogP contribution < -0.4 is 5.73 Å². The van der Waals surface area contributed by atoms with Gasteiger partial charge in [-0.3, -0.25) is 4.40 Å². The van der Waals surface area contributed by atoms with Gasteiger partial charge < -0.3 is 5.73 Å². The number of anilines is 1. The number of halogens is 2. The average Bonchev–Trinajstić information content (AvgIpc) is 2.56. The first-order valence-electron chi connectivity index (χ1n) is 4.55. The predicted octanol–water partition coefficient (Wildman–Crippen LogP) is 2.88. The second-order valence-electron chi connectivity index (χ2n) is 3.33. The fourth-order valence-corrected chi connectivity index (χ4v) is 2.81. The van der Waals surface area contributed by atoms with E-state index in [2.05, 4.69) is 25.9 Å². The van der Waals surface area contributed by atoms with Crippen LogP contribution in [0.5, 0.6) is 0 Å². The zero-order valence-electron chi connectivity index (χ0n) is 7.98. The first kappa shape index (κ1) is 9.86. The molecule has 0 aliphatic heterocycles. The molecule has 0 fully saturated rings. The topological polar surface area (TPSA) is 56.2 Å². The normalized spacial score (nSPS) is 11.4. The van der Waals surface area contributed by atoms with Crippen molar-refractivity contribution >= 4 is 50.0 Å². The number of nitrogens with two attached hydrogens (primary N) is 1. The maximum absolute atomic E-state index is 6.14. The lowest BCUT2D eigenvalue weighted by Gasteiger charge is -1.99. The molecule has 0 atom stereocenters. The van der Waals surface area contributed by atoms with Crippen molar-refractivity contribution in [1.29, 1.82) is 0 Å². The summed E-state index contributed by atoms with van der Waals surface area (Å²) in [5.74, 6) is 0.392. The molecule has 0 unspecified atom stereocenters. The Morgan fingerprint density at radius 3 is 2.81 bits per heavy atom. The minimum Gasteiger partial charge on any atom is -0.369 e. The summed E-state index contributed by atoms with van der Waals surface area (Å²) in [5.41, 5.74) is 7.45. The summed E-state index contributed by atoms with van der Waals surface area (Å²) in [5, 5.41) is 1.49. The van der Waals surface area contributed by atoms with E-state index in [-0.39, 0.29) is 0 Å². The molecule has 0 spiro atoms. The quantitative estimate of drug-likeness (QED) is 0.694. The first-order valence-corrected chi connectivity index (χ1v) is 5.72. The van der Waals surface area contributed by atoms with Crippen LogP contribution >= 0.6 is 27.5 Å². The Bertz CT molecular complexity index is 707. The molecule has 2 N–H and O–H groups in total. The summed E-state index contributed by atoms with van der Waals surface area (Å²) < 4.78 is 2.65. The van der Waals surface area contributed by atoms with Crippen LogP contribution in [-0.4, -0.2) is 14.4 Å². The molecule has 4 nitrogen and oxygen atoms in total. The van der Waals surface area contributed by atoms with Crippen molar-refractivity contribution in [2.45, 2.75) is 0 Å². The van der Waals surface area contributed by atoms with Gasteiger partial charge in [0, 0.05) is 12.4 Å². The first-order chi connectivity index (χ1) is 7.70. The van der Waals surface area contributed by atoms with Gasteiger partial charge >= 0.3 is 0 Å². The monoisotopic (exact) mass is 296 g/mol. The van der Waals surface area contributed by atoms with E-state index in [1.807, 2.05) is 6.07 Å². The van der Waals surface area contributed by atoms with Gasteiger partial charge in [0.05, 0.1) is 20.4 Å². The summed E-state index contributed by atoms with van der Waals surface area (Å²) in [4.78, 5) is 8.32.